The first-order valence-electron chi connectivity index (χ1n) is 6.95. The van der Waals surface area contributed by atoms with Crippen LogP contribution < -0.4 is 11.1 Å². The molecule has 3 N–H and O–H groups in total. The minimum atomic E-state index is -0.892. The largest absolute Gasteiger partial charge is 0.449 e. The van der Waals surface area contributed by atoms with Crippen LogP contribution in [0.4, 0.5) is 5.69 Å². The lowest BCUT2D eigenvalue weighted by atomic mass is 10.1. The highest BCUT2D eigenvalue weighted by molar-refractivity contribution is 6.31. The SMILES string of the molecule is CCC(CC)NC(=O)C(C)OC(=O)c1cc(Cl)ccc1N. The van der Waals surface area contributed by atoms with Gasteiger partial charge in [0.05, 0.1) is 5.56 Å². The molecule has 5 nitrogen and oxygen atoms in total. The number of amides is 1. The van der Waals surface area contributed by atoms with Gasteiger partial charge in [0.25, 0.3) is 5.91 Å². The molecule has 1 aromatic rings. The summed E-state index contributed by atoms with van der Waals surface area (Å²) in [6, 6.07) is 4.60. The molecule has 1 atom stereocenters. The number of carbonyl (C=O) groups is 2. The van der Waals surface area contributed by atoms with Gasteiger partial charge in [-0.15, -0.1) is 0 Å². The maximum absolute atomic E-state index is 12.0. The molecule has 0 fully saturated rings. The fraction of sp³-hybridized carbons (Fsp3) is 0.467. The third-order valence-corrected chi connectivity index (χ3v) is 3.46. The summed E-state index contributed by atoms with van der Waals surface area (Å²) in [5, 5.41) is 3.21. The Morgan fingerprint density at radius 1 is 1.33 bits per heavy atom. The number of nitrogens with two attached hydrogens (primary N) is 1. The Hall–Kier alpha value is -1.75. The Kier molecular flexibility index (Phi) is 6.49. The van der Waals surface area contributed by atoms with Crippen LogP contribution >= 0.6 is 11.6 Å². The van der Waals surface area contributed by atoms with Crippen molar-refractivity contribution >= 4 is 29.2 Å². The normalized spacial score (nSPS) is 12.0. The molecule has 0 aliphatic carbocycles. The number of benzene rings is 1. The number of halogens is 1. The smallest absolute Gasteiger partial charge is 0.341 e. The molecule has 0 aliphatic rings. The highest BCUT2D eigenvalue weighted by atomic mass is 35.5. The zero-order valence-corrected chi connectivity index (χ0v) is 13.2. The molecule has 0 aromatic heterocycles. The number of carbonyl (C=O) groups excluding carboxylic acids is 2. The molecule has 0 heterocycles. The Bertz CT molecular complexity index is 516. The van der Waals surface area contributed by atoms with Crippen molar-refractivity contribution in [3.05, 3.63) is 28.8 Å². The number of anilines is 1. The minimum Gasteiger partial charge on any atom is -0.449 e. The maximum atomic E-state index is 12.0. The topological polar surface area (TPSA) is 81.4 Å². The average Bonchev–Trinajstić information content (AvgIpc) is 2.46. The second-order valence-corrected chi connectivity index (χ2v) is 5.24. The highest BCUT2D eigenvalue weighted by Crippen LogP contribution is 2.19. The average molecular weight is 313 g/mol. The van der Waals surface area contributed by atoms with Crippen LogP contribution in [0, 0.1) is 0 Å². The van der Waals surface area contributed by atoms with Crippen LogP contribution in [-0.4, -0.2) is 24.0 Å². The number of ether oxygens (including phenoxy) is 1. The standard InChI is InChI=1S/C15H21ClN2O3/c1-4-11(5-2)18-14(19)9(3)21-15(20)12-8-10(16)6-7-13(12)17/h6-9,11H,4-5,17H2,1-3H3,(H,18,19). The lowest BCUT2D eigenvalue weighted by Crippen LogP contribution is -2.41. The summed E-state index contributed by atoms with van der Waals surface area (Å²) in [4.78, 5) is 24.0. The van der Waals surface area contributed by atoms with E-state index in [1.165, 1.54) is 19.1 Å². The zero-order chi connectivity index (χ0) is 16.0. The van der Waals surface area contributed by atoms with Crippen LogP contribution in [0.5, 0.6) is 0 Å². The van der Waals surface area contributed by atoms with Gasteiger partial charge in [0, 0.05) is 16.8 Å². The third kappa shape index (κ3) is 4.93. The molecule has 1 aromatic carbocycles. The van der Waals surface area contributed by atoms with Gasteiger partial charge in [-0.1, -0.05) is 25.4 Å². The van der Waals surface area contributed by atoms with Gasteiger partial charge >= 0.3 is 5.97 Å². The van der Waals surface area contributed by atoms with Crippen molar-refractivity contribution in [2.75, 3.05) is 5.73 Å². The van der Waals surface area contributed by atoms with Gasteiger partial charge in [0.15, 0.2) is 6.10 Å². The summed E-state index contributed by atoms with van der Waals surface area (Å²) in [5.74, 6) is -0.986. The number of hydrogen-bond donors (Lipinski definition) is 2. The van der Waals surface area contributed by atoms with Gasteiger partial charge in [0.2, 0.25) is 0 Å². The van der Waals surface area contributed by atoms with E-state index in [0.29, 0.717) is 5.02 Å². The lowest BCUT2D eigenvalue weighted by Gasteiger charge is -2.19. The summed E-state index contributed by atoms with van der Waals surface area (Å²) in [6.07, 6.45) is 0.755. The van der Waals surface area contributed by atoms with Crippen molar-refractivity contribution in [3.8, 4) is 0 Å². The summed E-state index contributed by atoms with van der Waals surface area (Å²) >= 11 is 5.82. The maximum Gasteiger partial charge on any atom is 0.341 e. The van der Waals surface area contributed by atoms with Crippen molar-refractivity contribution in [3.63, 3.8) is 0 Å². The fourth-order valence-electron chi connectivity index (χ4n) is 1.79. The second-order valence-electron chi connectivity index (χ2n) is 4.80. The molecule has 6 heteroatoms. The van der Waals surface area contributed by atoms with E-state index in [1.54, 1.807) is 6.07 Å². The number of rotatable bonds is 6. The van der Waals surface area contributed by atoms with Crippen LogP contribution in [0.1, 0.15) is 44.0 Å². The first-order chi connectivity index (χ1) is 9.88. The summed E-state index contributed by atoms with van der Waals surface area (Å²) in [7, 11) is 0. The molecule has 0 spiro atoms. The van der Waals surface area contributed by atoms with Crippen molar-refractivity contribution in [2.45, 2.75) is 45.8 Å². The Labute approximate surface area is 129 Å². The molecule has 1 unspecified atom stereocenters. The molecule has 0 aliphatic heterocycles. The molecule has 0 saturated carbocycles. The monoisotopic (exact) mass is 312 g/mol. The van der Waals surface area contributed by atoms with E-state index >= 15 is 0 Å². The van der Waals surface area contributed by atoms with Crippen LogP contribution in [0.2, 0.25) is 5.02 Å². The summed E-state index contributed by atoms with van der Waals surface area (Å²) < 4.78 is 5.13. The Morgan fingerprint density at radius 3 is 2.52 bits per heavy atom. The van der Waals surface area contributed by atoms with E-state index < -0.39 is 12.1 Å². The van der Waals surface area contributed by atoms with Gasteiger partial charge < -0.3 is 15.8 Å². The van der Waals surface area contributed by atoms with Crippen LogP contribution in [0.25, 0.3) is 0 Å². The third-order valence-electron chi connectivity index (χ3n) is 3.22. The summed E-state index contributed by atoms with van der Waals surface area (Å²) in [5.41, 5.74) is 6.12. The van der Waals surface area contributed by atoms with Gasteiger partial charge in [-0.25, -0.2) is 4.79 Å². The van der Waals surface area contributed by atoms with E-state index in [9.17, 15) is 9.59 Å². The van der Waals surface area contributed by atoms with Crippen molar-refractivity contribution in [1.82, 2.24) is 5.32 Å². The quantitative estimate of drug-likeness (QED) is 0.625. The number of nitrogens with one attached hydrogen (secondary N) is 1. The molecule has 116 valence electrons. The van der Waals surface area contributed by atoms with Gasteiger partial charge in [-0.05, 0) is 38.0 Å². The van der Waals surface area contributed by atoms with Crippen molar-refractivity contribution < 1.29 is 14.3 Å². The van der Waals surface area contributed by atoms with Gasteiger partial charge in [-0.2, -0.15) is 0 Å². The second kappa shape index (κ2) is 7.88. The molecule has 1 rings (SSSR count). The molecule has 0 saturated heterocycles. The van der Waals surface area contributed by atoms with E-state index in [4.69, 9.17) is 22.1 Å². The van der Waals surface area contributed by atoms with E-state index in [0.717, 1.165) is 12.8 Å². The van der Waals surface area contributed by atoms with E-state index in [1.807, 2.05) is 13.8 Å². The van der Waals surface area contributed by atoms with E-state index in [2.05, 4.69) is 5.32 Å². The molecule has 0 radical (unpaired) electrons. The molecular formula is C15H21ClN2O3. The Morgan fingerprint density at radius 2 is 1.95 bits per heavy atom. The van der Waals surface area contributed by atoms with Crippen LogP contribution in [-0.2, 0) is 9.53 Å². The van der Waals surface area contributed by atoms with Gasteiger partial charge in [0.1, 0.15) is 0 Å². The van der Waals surface area contributed by atoms with Crippen molar-refractivity contribution in [2.24, 2.45) is 0 Å². The molecular weight excluding hydrogens is 292 g/mol. The van der Waals surface area contributed by atoms with Crippen molar-refractivity contribution in [1.29, 1.82) is 0 Å². The molecule has 0 bridgehead atoms. The van der Waals surface area contributed by atoms with Gasteiger partial charge in [-0.3, -0.25) is 4.79 Å². The van der Waals surface area contributed by atoms with E-state index in [-0.39, 0.29) is 23.2 Å². The summed E-state index contributed by atoms with van der Waals surface area (Å²) in [6.45, 7) is 5.49. The minimum absolute atomic E-state index is 0.0786. The zero-order valence-electron chi connectivity index (χ0n) is 12.5. The predicted molar refractivity (Wildman–Crippen MR) is 83.3 cm³/mol. The van der Waals surface area contributed by atoms with Crippen LogP contribution in [0.3, 0.4) is 0 Å². The predicted octanol–water partition coefficient (Wildman–Crippen LogP) is 2.77. The lowest BCUT2D eigenvalue weighted by molar-refractivity contribution is -0.129. The first kappa shape index (κ1) is 17.3. The van der Waals surface area contributed by atoms with Crippen LogP contribution in [0.15, 0.2) is 18.2 Å². The molecule has 21 heavy (non-hydrogen) atoms. The number of hydrogen-bond acceptors (Lipinski definition) is 4. The number of nitrogen functional groups attached to an aromatic ring is 1. The number of esters is 1. The highest BCUT2D eigenvalue weighted by Gasteiger charge is 2.21. The molecule has 1 amide bonds. The fourth-order valence-corrected chi connectivity index (χ4v) is 1.97. The first-order valence-corrected chi connectivity index (χ1v) is 7.33. The Balaban J connectivity index is 2.69.